The van der Waals surface area contributed by atoms with Crippen LogP contribution in [0.4, 0.5) is 0 Å². The van der Waals surface area contributed by atoms with Gasteiger partial charge in [0, 0.05) is 11.6 Å². The fourth-order valence-corrected chi connectivity index (χ4v) is 5.95. The summed E-state index contributed by atoms with van der Waals surface area (Å²) < 4.78 is 8.03. The normalized spacial score (nSPS) is 18.6. The van der Waals surface area contributed by atoms with Crippen LogP contribution in [0.3, 0.4) is 0 Å². The number of ether oxygens (including phenoxy) is 1. The van der Waals surface area contributed by atoms with Crippen LogP contribution in [0.25, 0.3) is 22.4 Å². The van der Waals surface area contributed by atoms with Gasteiger partial charge in [-0.15, -0.1) is 0 Å². The van der Waals surface area contributed by atoms with E-state index in [0.29, 0.717) is 18.6 Å². The van der Waals surface area contributed by atoms with Gasteiger partial charge in [-0.3, -0.25) is 4.79 Å². The molecule has 5 nitrogen and oxygen atoms in total. The zero-order chi connectivity index (χ0) is 23.3. The largest absolute Gasteiger partial charge is 0.494 e. The van der Waals surface area contributed by atoms with Crippen LogP contribution < -0.4 is 10.1 Å². The van der Waals surface area contributed by atoms with Gasteiger partial charge in [-0.25, -0.2) is 4.98 Å². The van der Waals surface area contributed by atoms with Crippen LogP contribution in [0, 0.1) is 5.92 Å². The molecule has 2 fully saturated rings. The number of benzene rings is 2. The monoisotopic (exact) mass is 459 g/mol. The number of amides is 1. The van der Waals surface area contributed by atoms with E-state index in [-0.39, 0.29) is 11.9 Å². The first-order valence-electron chi connectivity index (χ1n) is 13.2. The highest BCUT2D eigenvalue weighted by atomic mass is 16.5. The molecule has 0 bridgehead atoms. The molecule has 0 aliphatic heterocycles. The van der Waals surface area contributed by atoms with Crippen molar-refractivity contribution in [3.8, 4) is 17.1 Å². The number of nitrogens with one attached hydrogen (secondary N) is 1. The first kappa shape index (κ1) is 22.9. The molecule has 0 radical (unpaired) electrons. The van der Waals surface area contributed by atoms with E-state index in [1.165, 1.54) is 38.5 Å². The van der Waals surface area contributed by atoms with Gasteiger partial charge in [-0.05, 0) is 62.8 Å². The van der Waals surface area contributed by atoms with Crippen molar-refractivity contribution in [3.05, 3.63) is 48.5 Å². The first-order valence-corrected chi connectivity index (χ1v) is 13.2. The molecule has 1 N–H and O–H groups in total. The third kappa shape index (κ3) is 4.84. The summed E-state index contributed by atoms with van der Waals surface area (Å²) in [5, 5.41) is 3.47. The second-order valence-corrected chi connectivity index (χ2v) is 9.94. The Bertz CT molecular complexity index is 1110. The van der Waals surface area contributed by atoms with Gasteiger partial charge in [0.05, 0.1) is 17.6 Å². The average Bonchev–Trinajstić information content (AvgIpc) is 3.25. The lowest BCUT2D eigenvalue weighted by atomic mass is 9.82. The summed E-state index contributed by atoms with van der Waals surface area (Å²) in [6, 6.07) is 16.4. The van der Waals surface area contributed by atoms with Crippen molar-refractivity contribution in [2.75, 3.05) is 6.61 Å². The number of nitrogens with zero attached hydrogens (tertiary/aromatic N) is 2. The molecule has 1 heterocycles. The van der Waals surface area contributed by atoms with Crippen LogP contribution in [-0.4, -0.2) is 28.1 Å². The fourth-order valence-electron chi connectivity index (χ4n) is 5.95. The topological polar surface area (TPSA) is 56.2 Å². The lowest BCUT2D eigenvalue weighted by molar-refractivity contribution is -0.127. The summed E-state index contributed by atoms with van der Waals surface area (Å²) in [5.41, 5.74) is 2.97. The number of hydrogen-bond donors (Lipinski definition) is 1. The SMILES string of the molecule is CCOc1cccc(-c2nc3ccccc3n2C(C(=O)NC2CCCCC2)C2CCCCC2)c1. The number of carbonyl (C=O) groups excluding carboxylic acids is 1. The molecule has 1 unspecified atom stereocenters. The summed E-state index contributed by atoms with van der Waals surface area (Å²) in [5.74, 6) is 2.18. The van der Waals surface area contributed by atoms with Gasteiger partial charge in [-0.2, -0.15) is 0 Å². The van der Waals surface area contributed by atoms with E-state index in [2.05, 4.69) is 40.2 Å². The van der Waals surface area contributed by atoms with Crippen LogP contribution in [0.2, 0.25) is 0 Å². The van der Waals surface area contributed by atoms with Crippen LogP contribution in [0.5, 0.6) is 5.75 Å². The predicted octanol–water partition coefficient (Wildman–Crippen LogP) is 6.67. The molecule has 180 valence electrons. The highest BCUT2D eigenvalue weighted by Crippen LogP contribution is 2.39. The Labute approximate surface area is 202 Å². The molecule has 2 saturated carbocycles. The summed E-state index contributed by atoms with van der Waals surface area (Å²) in [7, 11) is 0. The number of hydrogen-bond acceptors (Lipinski definition) is 3. The van der Waals surface area contributed by atoms with Gasteiger partial charge in [-0.1, -0.05) is 62.8 Å². The lowest BCUT2D eigenvalue weighted by Crippen LogP contribution is -2.43. The molecule has 34 heavy (non-hydrogen) atoms. The molecule has 1 aromatic heterocycles. The van der Waals surface area contributed by atoms with Crippen molar-refractivity contribution in [1.82, 2.24) is 14.9 Å². The average molecular weight is 460 g/mol. The molecule has 3 aromatic rings. The molecule has 1 atom stereocenters. The van der Waals surface area contributed by atoms with Crippen molar-refractivity contribution in [2.24, 2.45) is 5.92 Å². The Morgan fingerprint density at radius 2 is 1.74 bits per heavy atom. The molecule has 2 aliphatic rings. The number of para-hydroxylation sites is 2. The van der Waals surface area contributed by atoms with Crippen molar-refractivity contribution in [3.63, 3.8) is 0 Å². The minimum Gasteiger partial charge on any atom is -0.494 e. The van der Waals surface area contributed by atoms with E-state index in [0.717, 1.165) is 53.9 Å². The zero-order valence-electron chi connectivity index (χ0n) is 20.3. The first-order chi connectivity index (χ1) is 16.7. The van der Waals surface area contributed by atoms with Crippen molar-refractivity contribution >= 4 is 16.9 Å². The maximum atomic E-state index is 14.0. The predicted molar refractivity (Wildman–Crippen MR) is 137 cm³/mol. The smallest absolute Gasteiger partial charge is 0.243 e. The number of aromatic nitrogens is 2. The molecule has 2 aromatic carbocycles. The fraction of sp³-hybridized carbons (Fsp3) is 0.517. The number of rotatable bonds is 7. The minimum absolute atomic E-state index is 0.171. The van der Waals surface area contributed by atoms with Crippen molar-refractivity contribution in [1.29, 1.82) is 0 Å². The van der Waals surface area contributed by atoms with Gasteiger partial charge >= 0.3 is 0 Å². The minimum atomic E-state index is -0.250. The number of carbonyl (C=O) groups is 1. The Morgan fingerprint density at radius 1 is 1.00 bits per heavy atom. The van der Waals surface area contributed by atoms with E-state index in [9.17, 15) is 4.79 Å². The van der Waals surface area contributed by atoms with Gasteiger partial charge in [0.1, 0.15) is 17.6 Å². The van der Waals surface area contributed by atoms with Crippen LogP contribution in [0.1, 0.15) is 77.2 Å². The maximum Gasteiger partial charge on any atom is 0.243 e. The van der Waals surface area contributed by atoms with E-state index in [1.54, 1.807) is 0 Å². The summed E-state index contributed by atoms with van der Waals surface area (Å²) in [6.07, 6.45) is 11.7. The third-order valence-corrected chi connectivity index (χ3v) is 7.59. The van der Waals surface area contributed by atoms with E-state index >= 15 is 0 Å². The molecule has 1 amide bonds. The van der Waals surface area contributed by atoms with E-state index in [1.807, 2.05) is 25.1 Å². The molecule has 2 aliphatic carbocycles. The van der Waals surface area contributed by atoms with Crippen LogP contribution in [0.15, 0.2) is 48.5 Å². The Kier molecular flexibility index (Phi) is 7.17. The van der Waals surface area contributed by atoms with Crippen molar-refractivity contribution in [2.45, 2.75) is 83.2 Å². The molecular weight excluding hydrogens is 422 g/mol. The second-order valence-electron chi connectivity index (χ2n) is 9.94. The quantitative estimate of drug-likeness (QED) is 0.429. The number of imidazole rings is 1. The van der Waals surface area contributed by atoms with E-state index < -0.39 is 0 Å². The molecule has 0 saturated heterocycles. The zero-order valence-corrected chi connectivity index (χ0v) is 20.3. The Hall–Kier alpha value is -2.82. The molecule has 5 rings (SSSR count). The molecular formula is C29H37N3O2. The molecule has 5 heteroatoms. The standard InChI is InChI=1S/C29H37N3O2/c1-2-34-24-17-11-14-22(20-24)28-31-25-18-9-10-19-26(25)32(28)27(21-12-5-3-6-13-21)29(33)30-23-15-7-4-8-16-23/h9-11,14,17-21,23,27H,2-8,12-13,15-16H2,1H3,(H,30,33). The van der Waals surface area contributed by atoms with Crippen LogP contribution >= 0.6 is 0 Å². The highest BCUT2D eigenvalue weighted by Gasteiger charge is 2.35. The second kappa shape index (κ2) is 10.6. The summed E-state index contributed by atoms with van der Waals surface area (Å²) in [6.45, 7) is 2.62. The van der Waals surface area contributed by atoms with Gasteiger partial charge in [0.2, 0.25) is 5.91 Å². The van der Waals surface area contributed by atoms with E-state index in [4.69, 9.17) is 9.72 Å². The Morgan fingerprint density at radius 3 is 2.50 bits per heavy atom. The third-order valence-electron chi connectivity index (χ3n) is 7.59. The molecule has 0 spiro atoms. The maximum absolute atomic E-state index is 14.0. The summed E-state index contributed by atoms with van der Waals surface area (Å²) in [4.78, 5) is 19.1. The lowest BCUT2D eigenvalue weighted by Gasteiger charge is -2.33. The van der Waals surface area contributed by atoms with Gasteiger partial charge < -0.3 is 14.6 Å². The Balaban J connectivity index is 1.61. The van der Waals surface area contributed by atoms with Gasteiger partial charge in [0.15, 0.2) is 0 Å². The van der Waals surface area contributed by atoms with Gasteiger partial charge in [0.25, 0.3) is 0 Å². The van der Waals surface area contributed by atoms with Crippen molar-refractivity contribution < 1.29 is 9.53 Å². The summed E-state index contributed by atoms with van der Waals surface area (Å²) >= 11 is 0. The number of fused-ring (bicyclic) bond motifs is 1. The van der Waals surface area contributed by atoms with Crippen LogP contribution in [-0.2, 0) is 4.79 Å². The highest BCUT2D eigenvalue weighted by molar-refractivity contribution is 5.87.